The third kappa shape index (κ3) is 11.5. The maximum absolute atomic E-state index is 5.81. The van der Waals surface area contributed by atoms with Gasteiger partial charge in [0, 0.05) is 0 Å². The van der Waals surface area contributed by atoms with E-state index in [9.17, 15) is 0 Å². The molecule has 0 aliphatic carbocycles. The molecule has 0 aliphatic rings. The molecule has 0 fully saturated rings. The Labute approximate surface area is 108 Å². The molecule has 0 radical (unpaired) electrons. The van der Waals surface area contributed by atoms with Crippen LogP contribution in [0.2, 0.25) is 0 Å². The van der Waals surface area contributed by atoms with Crippen molar-refractivity contribution in [1.82, 2.24) is 0 Å². The van der Waals surface area contributed by atoms with Gasteiger partial charge in [-0.05, 0) is 32.9 Å². The first-order chi connectivity index (χ1) is 7.24. The van der Waals surface area contributed by atoms with Gasteiger partial charge in [-0.1, -0.05) is 42.8 Å². The molecule has 0 saturated heterocycles. The first-order valence-corrected chi connectivity index (χ1v) is 5.42. The number of alkyl halides is 2. The Bertz CT molecular complexity index is 234. The van der Waals surface area contributed by atoms with Crippen molar-refractivity contribution in [3.63, 3.8) is 0 Å². The predicted molar refractivity (Wildman–Crippen MR) is 70.5 cm³/mol. The smallest absolute Gasteiger partial charge is 0.160 e. The summed E-state index contributed by atoms with van der Waals surface area (Å²) in [6.45, 7) is 12.8. The number of halogens is 2. The molecule has 4 heteroatoms. The van der Waals surface area contributed by atoms with Crippen LogP contribution in [0.1, 0.15) is 20.8 Å². The summed E-state index contributed by atoms with van der Waals surface area (Å²) >= 11 is 11.6. The van der Waals surface area contributed by atoms with Gasteiger partial charge in [0.2, 0.25) is 0 Å². The molecule has 0 amide bonds. The zero-order chi connectivity index (χ0) is 13.2. The molecular formula is C12H18Cl2O2. The van der Waals surface area contributed by atoms with Crippen LogP contribution in [0.25, 0.3) is 0 Å². The van der Waals surface area contributed by atoms with E-state index in [0.29, 0.717) is 6.61 Å². The average Bonchev–Trinajstić information content (AvgIpc) is 2.19. The topological polar surface area (TPSA) is 18.5 Å². The second-order valence-electron chi connectivity index (χ2n) is 3.03. The van der Waals surface area contributed by atoms with Crippen molar-refractivity contribution in [2.24, 2.45) is 0 Å². The minimum absolute atomic E-state index is 0.608. The van der Waals surface area contributed by atoms with Gasteiger partial charge in [-0.3, -0.25) is 0 Å². The van der Waals surface area contributed by atoms with Crippen LogP contribution >= 0.6 is 23.2 Å². The second-order valence-corrected chi connectivity index (χ2v) is 4.53. The van der Waals surface area contributed by atoms with Gasteiger partial charge in [0.1, 0.15) is 6.11 Å². The Balaban J connectivity index is 0. The normalized spacial score (nSPS) is 16.5. The lowest BCUT2D eigenvalue weighted by atomic mass is 10.3. The van der Waals surface area contributed by atoms with Crippen LogP contribution in [0.5, 0.6) is 0 Å². The number of hydrogen-bond acceptors (Lipinski definition) is 2. The van der Waals surface area contributed by atoms with Crippen molar-refractivity contribution in [2.45, 2.75) is 30.9 Å². The molecule has 0 aliphatic heterocycles. The highest BCUT2D eigenvalue weighted by Crippen LogP contribution is 2.28. The van der Waals surface area contributed by atoms with E-state index in [-0.39, 0.29) is 0 Å². The molecule has 0 spiro atoms. The maximum Gasteiger partial charge on any atom is 0.160 e. The molecule has 0 saturated carbocycles. The zero-order valence-electron chi connectivity index (χ0n) is 9.93. The standard InChI is InChI=1S/C8H12Cl2O.C4H6O/c1-5-7(3,9)11-8(4,10)6-2;1-3-5-4-2/h5-6H,1-2H2,3-4H3;1H,4H2,2H3/t7-,8-;/m1./s1. The largest absolute Gasteiger partial charge is 0.447 e. The molecule has 0 rings (SSSR count). The minimum atomic E-state index is -0.940. The molecule has 0 aromatic rings. The molecule has 2 nitrogen and oxygen atoms in total. The molecule has 2 atom stereocenters. The Hall–Kier alpha value is -0.620. The molecule has 0 heterocycles. The molecule has 0 bridgehead atoms. The Morgan fingerprint density at radius 3 is 1.75 bits per heavy atom. The summed E-state index contributed by atoms with van der Waals surface area (Å²) in [5.41, 5.74) is 0. The number of hydrogen-bond donors (Lipinski definition) is 0. The summed E-state index contributed by atoms with van der Waals surface area (Å²) in [6.07, 6.45) is 9.63. The Kier molecular flexibility index (Phi) is 9.46. The van der Waals surface area contributed by atoms with E-state index < -0.39 is 10.1 Å². The fourth-order valence-electron chi connectivity index (χ4n) is 0.557. The maximum atomic E-state index is 5.81. The van der Waals surface area contributed by atoms with Crippen LogP contribution in [0.3, 0.4) is 0 Å². The van der Waals surface area contributed by atoms with E-state index in [1.807, 2.05) is 13.0 Å². The van der Waals surface area contributed by atoms with Crippen molar-refractivity contribution in [1.29, 1.82) is 0 Å². The van der Waals surface area contributed by atoms with Crippen LogP contribution < -0.4 is 0 Å². The van der Waals surface area contributed by atoms with Gasteiger partial charge in [0.15, 0.2) is 10.1 Å². The molecule has 0 unspecified atom stereocenters. The summed E-state index contributed by atoms with van der Waals surface area (Å²) in [4.78, 5) is 0. The molecule has 0 N–H and O–H groups in total. The van der Waals surface area contributed by atoms with Gasteiger partial charge in [-0.15, -0.1) is 0 Å². The average molecular weight is 265 g/mol. The fourth-order valence-corrected chi connectivity index (χ4v) is 0.917. The lowest BCUT2D eigenvalue weighted by Crippen LogP contribution is -2.29. The van der Waals surface area contributed by atoms with Gasteiger partial charge in [0.05, 0.1) is 6.61 Å². The number of rotatable bonds is 5. The van der Waals surface area contributed by atoms with E-state index in [2.05, 4.69) is 24.3 Å². The van der Waals surface area contributed by atoms with E-state index >= 15 is 0 Å². The third-order valence-electron chi connectivity index (χ3n) is 1.36. The van der Waals surface area contributed by atoms with Gasteiger partial charge in [0.25, 0.3) is 0 Å². The lowest BCUT2D eigenvalue weighted by Gasteiger charge is -2.27. The van der Waals surface area contributed by atoms with Gasteiger partial charge in [-0.25, -0.2) is 0 Å². The van der Waals surface area contributed by atoms with Gasteiger partial charge in [-0.2, -0.15) is 0 Å². The quantitative estimate of drug-likeness (QED) is 0.426. The first-order valence-electron chi connectivity index (χ1n) is 4.67. The molecule has 16 heavy (non-hydrogen) atoms. The zero-order valence-corrected chi connectivity index (χ0v) is 11.4. The van der Waals surface area contributed by atoms with Crippen LogP contribution in [0.4, 0.5) is 0 Å². The lowest BCUT2D eigenvalue weighted by molar-refractivity contribution is 0.00808. The molecule has 0 aromatic heterocycles. The van der Waals surface area contributed by atoms with Gasteiger partial charge < -0.3 is 9.47 Å². The highest BCUT2D eigenvalue weighted by Gasteiger charge is 2.27. The summed E-state index contributed by atoms with van der Waals surface area (Å²) in [5, 5.41) is -1.88. The Morgan fingerprint density at radius 2 is 1.62 bits per heavy atom. The van der Waals surface area contributed by atoms with Crippen LogP contribution in [0.15, 0.2) is 25.3 Å². The highest BCUT2D eigenvalue weighted by molar-refractivity contribution is 6.26. The van der Waals surface area contributed by atoms with Crippen LogP contribution in [-0.2, 0) is 9.47 Å². The van der Waals surface area contributed by atoms with Crippen molar-refractivity contribution in [3.05, 3.63) is 25.3 Å². The first kappa shape index (κ1) is 17.8. The van der Waals surface area contributed by atoms with Crippen molar-refractivity contribution in [2.75, 3.05) is 6.61 Å². The number of ether oxygens (including phenoxy) is 2. The van der Waals surface area contributed by atoms with Crippen LogP contribution in [-0.4, -0.2) is 16.7 Å². The summed E-state index contributed by atoms with van der Waals surface area (Å²) in [5.74, 6) is 0. The van der Waals surface area contributed by atoms with Crippen molar-refractivity contribution in [3.8, 4) is 12.5 Å². The minimum Gasteiger partial charge on any atom is -0.447 e. The van der Waals surface area contributed by atoms with Crippen LogP contribution in [0, 0.1) is 12.5 Å². The highest BCUT2D eigenvalue weighted by atomic mass is 35.5. The summed E-state index contributed by atoms with van der Waals surface area (Å²) in [6, 6.07) is 0. The second kappa shape index (κ2) is 8.52. The fraction of sp³-hybridized carbons (Fsp3) is 0.500. The van der Waals surface area contributed by atoms with Crippen molar-refractivity contribution >= 4 is 23.2 Å². The molecular weight excluding hydrogens is 247 g/mol. The molecule has 92 valence electrons. The Morgan fingerprint density at radius 1 is 1.25 bits per heavy atom. The number of terminal acetylenes is 1. The van der Waals surface area contributed by atoms with E-state index in [0.717, 1.165) is 0 Å². The van der Waals surface area contributed by atoms with Crippen molar-refractivity contribution < 1.29 is 9.47 Å². The predicted octanol–water partition coefficient (Wildman–Crippen LogP) is 3.90. The summed E-state index contributed by atoms with van der Waals surface area (Å²) < 4.78 is 9.58. The molecule has 0 aromatic carbocycles. The van der Waals surface area contributed by atoms with E-state index in [1.54, 1.807) is 13.8 Å². The SMILES string of the molecule is C#COCC.C=C[C@](C)(Cl)O[C@@](C)(Cl)C=C. The third-order valence-corrected chi connectivity index (χ3v) is 1.82. The summed E-state index contributed by atoms with van der Waals surface area (Å²) in [7, 11) is 0. The monoisotopic (exact) mass is 264 g/mol. The van der Waals surface area contributed by atoms with Gasteiger partial charge >= 0.3 is 0 Å². The van der Waals surface area contributed by atoms with E-state index in [1.165, 1.54) is 12.2 Å². The van der Waals surface area contributed by atoms with E-state index in [4.69, 9.17) is 27.9 Å².